The molecule has 0 saturated heterocycles. The number of aliphatic hydroxyl groups excluding tert-OH is 2. The Bertz CT molecular complexity index is 1540. The second kappa shape index (κ2) is 8.75. The fraction of sp³-hybridized carbons (Fsp3) is 0.423. The minimum Gasteiger partial charge on any atom is -0.458 e. The van der Waals surface area contributed by atoms with E-state index in [-0.39, 0.29) is 56.2 Å². The molecule has 0 amide bonds. The predicted octanol–water partition coefficient (Wildman–Crippen LogP) is -0.654. The second-order valence-electron chi connectivity index (χ2n) is 9.87. The normalized spacial score (nSPS) is 19.3. The summed E-state index contributed by atoms with van der Waals surface area (Å²) in [4.78, 5) is 30.9. The minimum absolute atomic E-state index is 0.0376. The van der Waals surface area contributed by atoms with Crippen molar-refractivity contribution in [2.75, 3.05) is 26.6 Å². The molecule has 12 nitrogen and oxygen atoms in total. The zero-order chi connectivity index (χ0) is 26.8. The number of nitrogens with zero attached hydrogens (tertiary/aromatic N) is 2. The molecular formula is C26H28N3O9+. The molecule has 200 valence electrons. The highest BCUT2D eigenvalue weighted by Gasteiger charge is 2.45. The quantitative estimate of drug-likeness (QED) is 0.179. The van der Waals surface area contributed by atoms with E-state index in [1.165, 1.54) is 0 Å². The number of hydrogen-bond donors (Lipinski definition) is 4. The molecule has 0 spiro atoms. The van der Waals surface area contributed by atoms with E-state index in [0.29, 0.717) is 28.4 Å². The van der Waals surface area contributed by atoms with Gasteiger partial charge in [0.1, 0.15) is 12.1 Å². The molecule has 1 atom stereocenters. The van der Waals surface area contributed by atoms with Crippen LogP contribution in [0.25, 0.3) is 22.3 Å². The first-order valence-corrected chi connectivity index (χ1v) is 12.3. The van der Waals surface area contributed by atoms with Gasteiger partial charge in [-0.1, -0.05) is 6.92 Å². The number of hydrogen-bond acceptors (Lipinski definition) is 10. The van der Waals surface area contributed by atoms with Crippen LogP contribution in [0.1, 0.15) is 35.6 Å². The summed E-state index contributed by atoms with van der Waals surface area (Å²) in [6, 6.07) is 5.20. The van der Waals surface area contributed by atoms with E-state index in [2.05, 4.69) is 5.32 Å². The summed E-state index contributed by atoms with van der Waals surface area (Å²) in [6.45, 7) is 0.685. The number of esters is 1. The first-order chi connectivity index (χ1) is 18.3. The van der Waals surface area contributed by atoms with E-state index < -0.39 is 30.3 Å². The summed E-state index contributed by atoms with van der Waals surface area (Å²) in [7, 11) is 0. The van der Waals surface area contributed by atoms with Crippen LogP contribution in [-0.2, 0) is 34.8 Å². The Balaban J connectivity index is 1.57. The highest BCUT2D eigenvalue weighted by Crippen LogP contribution is 2.43. The van der Waals surface area contributed by atoms with Crippen molar-refractivity contribution in [3.8, 4) is 22.9 Å². The molecule has 1 aromatic carbocycles. The first kappa shape index (κ1) is 24.8. The molecule has 0 radical (unpaired) electrons. The summed E-state index contributed by atoms with van der Waals surface area (Å²) in [5, 5.41) is 42.6. The van der Waals surface area contributed by atoms with Crippen LogP contribution in [0.15, 0.2) is 23.0 Å². The molecule has 0 aliphatic carbocycles. The van der Waals surface area contributed by atoms with Crippen molar-refractivity contribution in [3.63, 3.8) is 0 Å². The Morgan fingerprint density at radius 3 is 2.55 bits per heavy atom. The van der Waals surface area contributed by atoms with E-state index >= 15 is 0 Å². The summed E-state index contributed by atoms with van der Waals surface area (Å²) in [5.74, 6) is 0.279. The lowest BCUT2D eigenvalue weighted by atomic mass is 9.86. The highest BCUT2D eigenvalue weighted by atomic mass is 16.7. The molecule has 12 heteroatoms. The highest BCUT2D eigenvalue weighted by molar-refractivity contribution is 5.91. The summed E-state index contributed by atoms with van der Waals surface area (Å²) >= 11 is 0. The fourth-order valence-corrected chi connectivity index (χ4v) is 5.37. The molecule has 0 unspecified atom stereocenters. The lowest BCUT2D eigenvalue weighted by Crippen LogP contribution is -2.54. The number of aliphatic hydroxyl groups is 3. The third-order valence-electron chi connectivity index (χ3n) is 7.88. The monoisotopic (exact) mass is 526 g/mol. The maximum Gasteiger partial charge on any atom is 0.343 e. The molecule has 0 bridgehead atoms. The Labute approximate surface area is 216 Å². The number of ether oxygens (including phenoxy) is 3. The number of cyclic esters (lactones) is 1. The maximum atomic E-state index is 13.6. The average Bonchev–Trinajstić information content (AvgIpc) is 3.55. The minimum atomic E-state index is -1.94. The zero-order valence-corrected chi connectivity index (χ0v) is 20.7. The third kappa shape index (κ3) is 3.38. The van der Waals surface area contributed by atoms with Gasteiger partial charge in [0.2, 0.25) is 6.79 Å². The van der Waals surface area contributed by atoms with Crippen LogP contribution < -0.4 is 20.3 Å². The Hall–Kier alpha value is -3.55. The molecule has 3 aliphatic heterocycles. The second-order valence-corrected chi connectivity index (χ2v) is 9.87. The third-order valence-corrected chi connectivity index (χ3v) is 7.88. The Morgan fingerprint density at radius 1 is 1.13 bits per heavy atom. The van der Waals surface area contributed by atoms with E-state index in [0.717, 1.165) is 16.5 Å². The molecule has 6 rings (SSSR count). The van der Waals surface area contributed by atoms with Crippen molar-refractivity contribution in [3.05, 3.63) is 50.8 Å². The van der Waals surface area contributed by atoms with Crippen molar-refractivity contribution < 1.29 is 39.4 Å². The van der Waals surface area contributed by atoms with Crippen LogP contribution in [0.4, 0.5) is 0 Å². The average molecular weight is 527 g/mol. The number of aromatic nitrogens is 2. The predicted molar refractivity (Wildman–Crippen MR) is 133 cm³/mol. The van der Waals surface area contributed by atoms with Crippen LogP contribution in [-0.4, -0.2) is 68.1 Å². The van der Waals surface area contributed by atoms with Crippen LogP contribution in [0.5, 0.6) is 11.5 Å². The van der Waals surface area contributed by atoms with Crippen molar-refractivity contribution in [2.45, 2.75) is 44.2 Å². The largest absolute Gasteiger partial charge is 0.458 e. The molecular weight excluding hydrogens is 498 g/mol. The van der Waals surface area contributed by atoms with Crippen LogP contribution in [0.3, 0.4) is 0 Å². The van der Waals surface area contributed by atoms with Gasteiger partial charge in [-0.05, 0) is 24.1 Å². The van der Waals surface area contributed by atoms with Gasteiger partial charge in [0.25, 0.3) is 5.56 Å². The maximum absolute atomic E-state index is 13.6. The number of fused-ring (bicyclic) bond motifs is 6. The van der Waals surface area contributed by atoms with Gasteiger partial charge >= 0.3 is 5.97 Å². The Morgan fingerprint density at radius 2 is 1.87 bits per heavy atom. The van der Waals surface area contributed by atoms with Crippen LogP contribution in [0, 0.1) is 0 Å². The standard InChI is InChI=1S/C26H27N3O9/c1-2-26(35)17-4-19-22-15(7-29(19)23(33)16(17)8-36-24(26)34)14(6-27-25(9-30,10-31)11-32)13-3-20-21(38-12-37-20)5-18(13)28-22/h3-5,27,30-32,35H,2,6-12H2,1H3/p+1/t26-/m0/s1. The molecule has 5 heterocycles. The fourth-order valence-electron chi connectivity index (χ4n) is 5.37. The number of benzene rings is 1. The van der Waals surface area contributed by atoms with Gasteiger partial charge in [-0.2, -0.15) is 0 Å². The van der Waals surface area contributed by atoms with E-state index in [9.17, 15) is 24.9 Å². The number of carbonyl (C=O) groups is 1. The van der Waals surface area contributed by atoms with Gasteiger partial charge in [0, 0.05) is 29.1 Å². The van der Waals surface area contributed by atoms with Crippen LogP contribution >= 0.6 is 0 Å². The summed E-state index contributed by atoms with van der Waals surface area (Å²) < 4.78 is 17.8. The molecule has 3 aliphatic rings. The Kier molecular flexibility index (Phi) is 5.70. The van der Waals surface area contributed by atoms with Gasteiger partial charge in [-0.15, -0.1) is 0 Å². The first-order valence-electron chi connectivity index (χ1n) is 12.3. The number of carbonyl (C=O) groups excluding carboxylic acids is 1. The smallest absolute Gasteiger partial charge is 0.343 e. The van der Waals surface area contributed by atoms with Gasteiger partial charge in [0.05, 0.1) is 42.2 Å². The van der Waals surface area contributed by atoms with Gasteiger partial charge in [-0.25, -0.2) is 9.78 Å². The van der Waals surface area contributed by atoms with Crippen molar-refractivity contribution in [2.24, 2.45) is 0 Å². The van der Waals surface area contributed by atoms with Crippen molar-refractivity contribution in [1.29, 1.82) is 0 Å². The SMILES string of the molecule is CC[C@@]1(O)C(=O)OCc2c1cc1n(c2=O)Cc2c-1nc1cc3c(cc1c2CNC(CO)(CO)C[OH2+])OCO3. The molecule has 6 N–H and O–H groups in total. The van der Waals surface area contributed by atoms with E-state index in [4.69, 9.17) is 24.3 Å². The summed E-state index contributed by atoms with van der Waals surface area (Å²) in [6.07, 6.45) is 0.0376. The zero-order valence-electron chi connectivity index (χ0n) is 20.7. The van der Waals surface area contributed by atoms with Gasteiger partial charge in [-0.3, -0.25) is 10.1 Å². The molecule has 3 aromatic rings. The lowest BCUT2D eigenvalue weighted by molar-refractivity contribution is -0.172. The van der Waals surface area contributed by atoms with Crippen molar-refractivity contribution in [1.82, 2.24) is 14.9 Å². The van der Waals surface area contributed by atoms with Gasteiger partial charge in [0.15, 0.2) is 23.7 Å². The van der Waals surface area contributed by atoms with Crippen LogP contribution in [0.2, 0.25) is 0 Å². The van der Waals surface area contributed by atoms with Gasteiger partial charge < -0.3 is 39.2 Å². The topological polar surface area (TPSA) is 175 Å². The molecule has 38 heavy (non-hydrogen) atoms. The molecule has 2 aromatic heterocycles. The molecule has 0 saturated carbocycles. The lowest BCUT2D eigenvalue weighted by Gasteiger charge is -2.31. The van der Waals surface area contributed by atoms with E-state index in [1.807, 2.05) is 0 Å². The number of pyridine rings is 2. The van der Waals surface area contributed by atoms with Crippen molar-refractivity contribution >= 4 is 16.9 Å². The number of rotatable bonds is 7. The summed E-state index contributed by atoms with van der Waals surface area (Å²) in [5.41, 5.74) is -0.0734. The van der Waals surface area contributed by atoms with E-state index in [1.54, 1.807) is 29.7 Å². The number of nitrogens with one attached hydrogen (secondary N) is 1. The molecule has 0 fully saturated rings.